The normalized spacial score (nSPS) is 16.2. The first-order valence-electron chi connectivity index (χ1n) is 8.59. The summed E-state index contributed by atoms with van der Waals surface area (Å²) in [5.74, 6) is -0.134. The smallest absolute Gasteiger partial charge is 0.211 e. The van der Waals surface area contributed by atoms with Crippen LogP contribution in [0, 0.1) is 0 Å². The number of hydrogen-bond acceptors (Lipinski definition) is 6. The highest BCUT2D eigenvalue weighted by atomic mass is 32.2. The van der Waals surface area contributed by atoms with Gasteiger partial charge in [0.25, 0.3) is 0 Å². The van der Waals surface area contributed by atoms with E-state index in [-0.39, 0.29) is 5.91 Å². The van der Waals surface area contributed by atoms with Gasteiger partial charge in [0, 0.05) is 31.8 Å². The summed E-state index contributed by atoms with van der Waals surface area (Å²) in [6.07, 6.45) is 2.91. The Bertz CT molecular complexity index is 564. The Labute approximate surface area is 155 Å². The van der Waals surface area contributed by atoms with E-state index in [0.717, 1.165) is 18.6 Å². The molecule has 0 radical (unpaired) electrons. The number of sulfonamides is 2. The lowest BCUT2D eigenvalue weighted by Gasteiger charge is -2.31. The largest absolute Gasteiger partial charge is 0.357 e. The fraction of sp³-hybridized carbons (Fsp3) is 1.00. The van der Waals surface area contributed by atoms with Crippen molar-refractivity contribution in [2.75, 3.05) is 32.3 Å². The average molecular weight is 419 g/mol. The maximum Gasteiger partial charge on any atom is 0.211 e. The van der Waals surface area contributed by atoms with Crippen LogP contribution in [0.5, 0.6) is 0 Å². The molecule has 0 aliphatic rings. The molecular formula is C14H34N2O6S2Si. The quantitative estimate of drug-likeness (QED) is 0.240. The third kappa shape index (κ3) is 11.3. The second kappa shape index (κ2) is 11.6. The van der Waals surface area contributed by atoms with Crippen molar-refractivity contribution in [3.8, 4) is 0 Å². The standard InChI is InChI=1S/C14H34N2O6S2Si/c1-7-21-14(22-8-2)25-11-9-10-16(24(6,19)20)13(4)12(3)15-23(5,17)18/h12-15H,7-11,25H2,1-6H3. The molecule has 0 aromatic heterocycles. The molecule has 8 nitrogen and oxygen atoms in total. The van der Waals surface area contributed by atoms with E-state index in [1.165, 1.54) is 4.31 Å². The van der Waals surface area contributed by atoms with E-state index >= 15 is 0 Å². The highest BCUT2D eigenvalue weighted by Gasteiger charge is 2.28. The van der Waals surface area contributed by atoms with E-state index in [2.05, 4.69) is 4.72 Å². The van der Waals surface area contributed by atoms with Crippen molar-refractivity contribution < 1.29 is 26.3 Å². The molecule has 2 unspecified atom stereocenters. The molecule has 0 amide bonds. The van der Waals surface area contributed by atoms with E-state index in [1.54, 1.807) is 13.8 Å². The Kier molecular flexibility index (Phi) is 11.6. The maximum atomic E-state index is 12.1. The Balaban J connectivity index is 4.70. The first kappa shape index (κ1) is 25.0. The molecule has 0 rings (SSSR count). The van der Waals surface area contributed by atoms with Gasteiger partial charge in [0.2, 0.25) is 20.0 Å². The molecule has 0 heterocycles. The lowest BCUT2D eigenvalue weighted by molar-refractivity contribution is -0.0827. The van der Waals surface area contributed by atoms with Crippen molar-refractivity contribution in [1.82, 2.24) is 9.03 Å². The van der Waals surface area contributed by atoms with E-state index < -0.39 is 41.6 Å². The molecule has 0 aliphatic heterocycles. The van der Waals surface area contributed by atoms with E-state index in [4.69, 9.17) is 9.47 Å². The first-order valence-corrected chi connectivity index (χ1v) is 14.1. The van der Waals surface area contributed by atoms with Crippen molar-refractivity contribution in [1.29, 1.82) is 0 Å². The number of rotatable bonds is 14. The van der Waals surface area contributed by atoms with Gasteiger partial charge in [-0.15, -0.1) is 0 Å². The molecular weight excluding hydrogens is 384 g/mol. The van der Waals surface area contributed by atoms with Gasteiger partial charge in [0.1, 0.15) is 5.91 Å². The van der Waals surface area contributed by atoms with Crippen molar-refractivity contribution in [2.45, 2.75) is 58.2 Å². The molecule has 11 heteroatoms. The summed E-state index contributed by atoms with van der Waals surface area (Å²) in [5.41, 5.74) is 0. The van der Waals surface area contributed by atoms with E-state index in [1.807, 2.05) is 13.8 Å². The molecule has 0 bridgehead atoms. The molecule has 0 aromatic rings. The third-order valence-corrected chi connectivity index (χ3v) is 7.80. The molecule has 2 atom stereocenters. The van der Waals surface area contributed by atoms with Crippen molar-refractivity contribution in [3.63, 3.8) is 0 Å². The van der Waals surface area contributed by atoms with Crippen molar-refractivity contribution >= 4 is 29.6 Å². The molecule has 0 saturated carbocycles. The van der Waals surface area contributed by atoms with Gasteiger partial charge in [-0.25, -0.2) is 21.6 Å². The number of ether oxygens (including phenoxy) is 2. The summed E-state index contributed by atoms with van der Waals surface area (Å²) < 4.78 is 61.8. The van der Waals surface area contributed by atoms with Crippen molar-refractivity contribution in [3.05, 3.63) is 0 Å². The van der Waals surface area contributed by atoms with Crippen LogP contribution in [0.25, 0.3) is 0 Å². The molecule has 1 N–H and O–H groups in total. The second-order valence-electron chi connectivity index (χ2n) is 6.13. The van der Waals surface area contributed by atoms with Gasteiger partial charge in [-0.3, -0.25) is 0 Å². The Hall–Kier alpha value is -0.0431. The van der Waals surface area contributed by atoms with Crippen LogP contribution < -0.4 is 4.72 Å². The van der Waals surface area contributed by atoms with Gasteiger partial charge in [-0.2, -0.15) is 4.31 Å². The minimum Gasteiger partial charge on any atom is -0.357 e. The summed E-state index contributed by atoms with van der Waals surface area (Å²) in [7, 11) is -7.46. The summed E-state index contributed by atoms with van der Waals surface area (Å²) in [5, 5.41) is 0. The van der Waals surface area contributed by atoms with Gasteiger partial charge in [0.05, 0.1) is 22.0 Å². The Morgan fingerprint density at radius 2 is 1.56 bits per heavy atom. The number of hydrogen-bond donors (Lipinski definition) is 1. The van der Waals surface area contributed by atoms with E-state index in [9.17, 15) is 16.8 Å². The molecule has 0 spiro atoms. The van der Waals surface area contributed by atoms with Crippen LogP contribution in [-0.4, -0.2) is 80.9 Å². The summed E-state index contributed by atoms with van der Waals surface area (Å²) >= 11 is 0. The minimum absolute atomic E-state index is 0.134. The van der Waals surface area contributed by atoms with Crippen LogP contribution in [0.2, 0.25) is 6.04 Å². The maximum absolute atomic E-state index is 12.1. The van der Waals surface area contributed by atoms with E-state index in [0.29, 0.717) is 26.2 Å². The van der Waals surface area contributed by atoms with Crippen LogP contribution in [0.3, 0.4) is 0 Å². The molecule has 25 heavy (non-hydrogen) atoms. The predicted molar refractivity (Wildman–Crippen MR) is 103 cm³/mol. The lowest BCUT2D eigenvalue weighted by Crippen LogP contribution is -2.50. The van der Waals surface area contributed by atoms with Gasteiger partial charge in [0.15, 0.2) is 0 Å². The summed E-state index contributed by atoms with van der Waals surface area (Å²) in [4.78, 5) is 0. The zero-order chi connectivity index (χ0) is 19.7. The summed E-state index contributed by atoms with van der Waals surface area (Å²) in [6.45, 7) is 8.77. The SMILES string of the molecule is CCOC(OCC)[SiH2]CCCN(C(C)C(C)NS(C)(=O)=O)S(C)(=O)=O. The molecule has 0 aliphatic carbocycles. The number of nitrogens with zero attached hydrogens (tertiary/aromatic N) is 1. The van der Waals surface area contributed by atoms with Crippen LogP contribution in [-0.2, 0) is 29.5 Å². The molecule has 0 fully saturated rings. The van der Waals surface area contributed by atoms with Gasteiger partial charge in [-0.1, -0.05) is 6.04 Å². The van der Waals surface area contributed by atoms with Crippen LogP contribution in [0.15, 0.2) is 0 Å². The van der Waals surface area contributed by atoms with Gasteiger partial charge in [-0.05, 0) is 34.1 Å². The lowest BCUT2D eigenvalue weighted by atomic mass is 10.2. The highest BCUT2D eigenvalue weighted by Crippen LogP contribution is 2.12. The molecule has 0 saturated heterocycles. The topological polar surface area (TPSA) is 102 Å². The monoisotopic (exact) mass is 418 g/mol. The first-order chi connectivity index (χ1) is 11.4. The fourth-order valence-corrected chi connectivity index (χ4v) is 6.29. The third-order valence-electron chi connectivity index (χ3n) is 3.78. The van der Waals surface area contributed by atoms with Crippen LogP contribution in [0.1, 0.15) is 34.1 Å². The Morgan fingerprint density at radius 3 is 1.96 bits per heavy atom. The van der Waals surface area contributed by atoms with Crippen molar-refractivity contribution in [2.24, 2.45) is 0 Å². The zero-order valence-corrected chi connectivity index (χ0v) is 19.2. The summed E-state index contributed by atoms with van der Waals surface area (Å²) in [6, 6.07) is -0.0976. The van der Waals surface area contributed by atoms with Gasteiger partial charge < -0.3 is 9.47 Å². The molecule has 0 aromatic carbocycles. The van der Waals surface area contributed by atoms with Gasteiger partial charge >= 0.3 is 0 Å². The zero-order valence-electron chi connectivity index (χ0n) is 16.2. The predicted octanol–water partition coefficient (Wildman–Crippen LogP) is -0.0920. The highest BCUT2D eigenvalue weighted by molar-refractivity contribution is 7.89. The minimum atomic E-state index is -3.43. The number of nitrogens with one attached hydrogen (secondary N) is 1. The molecule has 152 valence electrons. The Morgan fingerprint density at radius 1 is 1.04 bits per heavy atom. The van der Waals surface area contributed by atoms with Crippen LogP contribution in [0.4, 0.5) is 0 Å². The fourth-order valence-electron chi connectivity index (χ4n) is 2.52. The second-order valence-corrected chi connectivity index (χ2v) is 11.8. The van der Waals surface area contributed by atoms with Crippen LogP contribution >= 0.6 is 0 Å². The average Bonchev–Trinajstić information content (AvgIpc) is 2.43.